The number of rotatable bonds is 1. The lowest BCUT2D eigenvalue weighted by molar-refractivity contribution is -0.118. The van der Waals surface area contributed by atoms with E-state index in [4.69, 9.17) is 4.42 Å². The topological polar surface area (TPSA) is 54.3 Å². The maximum Gasteiger partial charge on any atom is 0.163 e. The number of aryl methyl sites for hydroxylation is 2. The van der Waals surface area contributed by atoms with Crippen LogP contribution in [0.3, 0.4) is 0 Å². The molecule has 0 fully saturated rings. The average Bonchev–Trinajstić information content (AvgIpc) is 2.86. The first-order chi connectivity index (χ1) is 11.8. The molecule has 0 amide bonds. The van der Waals surface area contributed by atoms with Crippen molar-refractivity contribution in [3.05, 3.63) is 58.7 Å². The third kappa shape index (κ3) is 2.86. The quantitative estimate of drug-likeness (QED) is 0.759. The van der Waals surface area contributed by atoms with Crippen molar-refractivity contribution in [2.75, 3.05) is 10.6 Å². The standard InChI is InChI=1S/C21H24N2O2/c1-12-5-7-14-15(9-12)23-20(18-8-6-13(2)25-18)19-16(22-14)10-21(3,4)11-17(19)24/h5-9,20,22-23H,10-11H2,1-4H3/t20-/m0/s1. The highest BCUT2D eigenvalue weighted by molar-refractivity contribution is 6.01. The molecule has 1 aromatic carbocycles. The minimum Gasteiger partial charge on any atom is -0.464 e. The van der Waals surface area contributed by atoms with Gasteiger partial charge >= 0.3 is 0 Å². The molecule has 0 radical (unpaired) electrons. The molecule has 130 valence electrons. The maximum atomic E-state index is 13.0. The van der Waals surface area contributed by atoms with E-state index in [-0.39, 0.29) is 17.2 Å². The predicted molar refractivity (Wildman–Crippen MR) is 99.7 cm³/mol. The van der Waals surface area contributed by atoms with Gasteiger partial charge in [-0.2, -0.15) is 0 Å². The van der Waals surface area contributed by atoms with E-state index in [9.17, 15) is 4.79 Å². The first-order valence-corrected chi connectivity index (χ1v) is 8.79. The number of nitrogens with one attached hydrogen (secondary N) is 2. The van der Waals surface area contributed by atoms with Crippen LogP contribution >= 0.6 is 0 Å². The van der Waals surface area contributed by atoms with Crippen LogP contribution in [0.1, 0.15) is 49.8 Å². The van der Waals surface area contributed by atoms with Gasteiger partial charge in [-0.15, -0.1) is 0 Å². The Morgan fingerprint density at radius 2 is 1.88 bits per heavy atom. The number of carbonyl (C=O) groups is 1. The van der Waals surface area contributed by atoms with E-state index in [0.29, 0.717) is 6.42 Å². The smallest absolute Gasteiger partial charge is 0.163 e. The number of ketones is 1. The average molecular weight is 336 g/mol. The van der Waals surface area contributed by atoms with E-state index in [1.54, 1.807) is 0 Å². The fourth-order valence-corrected chi connectivity index (χ4v) is 3.88. The minimum atomic E-state index is -0.261. The number of Topliss-reactive ketones (excluding diaryl/α,β-unsaturated/α-hetero) is 1. The summed E-state index contributed by atoms with van der Waals surface area (Å²) in [6.45, 7) is 8.30. The van der Waals surface area contributed by atoms with Gasteiger partial charge < -0.3 is 15.1 Å². The summed E-state index contributed by atoms with van der Waals surface area (Å²) in [5.74, 6) is 1.83. The van der Waals surface area contributed by atoms with Crippen LogP contribution in [0.5, 0.6) is 0 Å². The second kappa shape index (κ2) is 5.51. The molecular formula is C21H24N2O2. The first-order valence-electron chi connectivity index (χ1n) is 8.79. The predicted octanol–water partition coefficient (Wildman–Crippen LogP) is 5.12. The first kappa shape index (κ1) is 16.0. The van der Waals surface area contributed by atoms with Crippen LogP contribution in [-0.4, -0.2) is 5.78 Å². The summed E-state index contributed by atoms with van der Waals surface area (Å²) < 4.78 is 5.90. The molecule has 2 heterocycles. The van der Waals surface area contributed by atoms with E-state index < -0.39 is 0 Å². The number of fused-ring (bicyclic) bond motifs is 1. The zero-order valence-corrected chi connectivity index (χ0v) is 15.2. The Morgan fingerprint density at radius 1 is 1.08 bits per heavy atom. The van der Waals surface area contributed by atoms with Crippen molar-refractivity contribution in [3.8, 4) is 0 Å². The maximum absolute atomic E-state index is 13.0. The molecule has 4 nitrogen and oxygen atoms in total. The number of furan rings is 1. The Kier molecular flexibility index (Phi) is 3.53. The molecule has 25 heavy (non-hydrogen) atoms. The lowest BCUT2D eigenvalue weighted by Gasteiger charge is -2.33. The van der Waals surface area contributed by atoms with Crippen molar-refractivity contribution in [2.45, 2.75) is 46.6 Å². The van der Waals surface area contributed by atoms with Gasteiger partial charge in [-0.3, -0.25) is 4.79 Å². The van der Waals surface area contributed by atoms with Crippen LogP contribution in [0.2, 0.25) is 0 Å². The number of allylic oxidation sites excluding steroid dienone is 1. The second-order valence-corrected chi connectivity index (χ2v) is 8.03. The third-order valence-electron chi connectivity index (χ3n) is 5.01. The molecule has 1 atom stereocenters. The van der Waals surface area contributed by atoms with Gasteiger partial charge in [0.1, 0.15) is 17.6 Å². The van der Waals surface area contributed by atoms with Gasteiger partial charge in [-0.25, -0.2) is 0 Å². The summed E-state index contributed by atoms with van der Waals surface area (Å²) in [6.07, 6.45) is 1.40. The van der Waals surface area contributed by atoms with E-state index in [2.05, 4.69) is 49.6 Å². The Morgan fingerprint density at radius 3 is 2.60 bits per heavy atom. The number of anilines is 2. The SMILES string of the molecule is Cc1ccc2c(c1)N[C@@H](c1ccc(C)o1)C1=C(CC(C)(C)CC1=O)N2. The van der Waals surface area contributed by atoms with Crippen molar-refractivity contribution in [1.29, 1.82) is 0 Å². The van der Waals surface area contributed by atoms with Crippen LogP contribution in [0.25, 0.3) is 0 Å². The van der Waals surface area contributed by atoms with E-state index in [1.807, 2.05) is 19.1 Å². The van der Waals surface area contributed by atoms with E-state index >= 15 is 0 Å². The zero-order valence-electron chi connectivity index (χ0n) is 15.2. The lowest BCUT2D eigenvalue weighted by atomic mass is 9.74. The number of hydrogen-bond donors (Lipinski definition) is 2. The van der Waals surface area contributed by atoms with Gasteiger partial charge in [0, 0.05) is 17.7 Å². The normalized spacial score (nSPS) is 21.8. The number of carbonyl (C=O) groups excluding carboxylic acids is 1. The summed E-state index contributed by atoms with van der Waals surface area (Å²) in [6, 6.07) is 9.92. The van der Waals surface area contributed by atoms with Crippen LogP contribution in [0, 0.1) is 19.3 Å². The van der Waals surface area contributed by atoms with Crippen molar-refractivity contribution in [2.24, 2.45) is 5.41 Å². The van der Waals surface area contributed by atoms with Gasteiger partial charge in [-0.05, 0) is 55.5 Å². The molecule has 1 aromatic heterocycles. The number of hydrogen-bond acceptors (Lipinski definition) is 4. The fourth-order valence-electron chi connectivity index (χ4n) is 3.88. The van der Waals surface area contributed by atoms with E-state index in [0.717, 1.165) is 40.6 Å². The van der Waals surface area contributed by atoms with Gasteiger partial charge in [-0.1, -0.05) is 19.9 Å². The molecule has 4 rings (SSSR count). The van der Waals surface area contributed by atoms with Crippen LogP contribution in [0.4, 0.5) is 11.4 Å². The van der Waals surface area contributed by atoms with Crippen LogP contribution in [0.15, 0.2) is 46.0 Å². The molecule has 1 aliphatic heterocycles. The Hall–Kier alpha value is -2.49. The highest BCUT2D eigenvalue weighted by Crippen LogP contribution is 2.45. The zero-order chi connectivity index (χ0) is 17.8. The second-order valence-electron chi connectivity index (χ2n) is 8.03. The summed E-state index contributed by atoms with van der Waals surface area (Å²) in [4.78, 5) is 13.0. The molecule has 0 unspecified atom stereocenters. The van der Waals surface area contributed by atoms with Crippen LogP contribution < -0.4 is 10.6 Å². The van der Waals surface area contributed by atoms with Gasteiger partial charge in [0.15, 0.2) is 5.78 Å². The summed E-state index contributed by atoms with van der Waals surface area (Å²) in [5.41, 5.74) is 4.96. The number of benzene rings is 1. The highest BCUT2D eigenvalue weighted by atomic mass is 16.3. The summed E-state index contributed by atoms with van der Waals surface area (Å²) in [7, 11) is 0. The van der Waals surface area contributed by atoms with Gasteiger partial charge in [0.2, 0.25) is 0 Å². The Balaban J connectivity index is 1.89. The summed E-state index contributed by atoms with van der Waals surface area (Å²) in [5, 5.41) is 7.09. The van der Waals surface area contributed by atoms with E-state index in [1.165, 1.54) is 5.56 Å². The lowest BCUT2D eigenvalue weighted by Crippen LogP contribution is -2.31. The minimum absolute atomic E-state index is 0.0399. The van der Waals surface area contributed by atoms with Gasteiger partial charge in [0.25, 0.3) is 0 Å². The molecule has 0 saturated heterocycles. The fraction of sp³-hybridized carbons (Fsp3) is 0.381. The largest absolute Gasteiger partial charge is 0.464 e. The molecule has 1 aliphatic carbocycles. The van der Waals surface area contributed by atoms with Crippen molar-refractivity contribution in [3.63, 3.8) is 0 Å². The van der Waals surface area contributed by atoms with Crippen molar-refractivity contribution in [1.82, 2.24) is 0 Å². The Labute approximate surface area is 148 Å². The molecule has 0 bridgehead atoms. The van der Waals surface area contributed by atoms with Gasteiger partial charge in [0.05, 0.1) is 11.4 Å². The Bertz CT molecular complexity index is 889. The molecule has 2 aromatic rings. The molecular weight excluding hydrogens is 312 g/mol. The molecule has 4 heteroatoms. The molecule has 0 saturated carbocycles. The van der Waals surface area contributed by atoms with Crippen molar-refractivity contribution >= 4 is 17.2 Å². The highest BCUT2D eigenvalue weighted by Gasteiger charge is 2.39. The molecule has 2 aliphatic rings. The summed E-state index contributed by atoms with van der Waals surface area (Å²) >= 11 is 0. The van der Waals surface area contributed by atoms with Crippen molar-refractivity contribution < 1.29 is 9.21 Å². The monoisotopic (exact) mass is 336 g/mol. The molecule has 2 N–H and O–H groups in total. The molecule has 0 spiro atoms. The van der Waals surface area contributed by atoms with Crippen LogP contribution in [-0.2, 0) is 4.79 Å². The third-order valence-corrected chi connectivity index (χ3v) is 5.01.